The summed E-state index contributed by atoms with van der Waals surface area (Å²) in [5.74, 6) is -0.142. The fourth-order valence-corrected chi connectivity index (χ4v) is 4.37. The number of benzene rings is 3. The lowest BCUT2D eigenvalue weighted by atomic mass is 10.0. The van der Waals surface area contributed by atoms with Crippen molar-refractivity contribution in [3.8, 4) is 0 Å². The number of nitrogens with one attached hydrogen (secondary N) is 2. The van der Waals surface area contributed by atoms with Gasteiger partial charge in [0.1, 0.15) is 0 Å². The summed E-state index contributed by atoms with van der Waals surface area (Å²) < 4.78 is 0. The van der Waals surface area contributed by atoms with Crippen LogP contribution in [0.4, 0.5) is 5.69 Å². The minimum absolute atomic E-state index is 0.0430. The van der Waals surface area contributed by atoms with Crippen molar-refractivity contribution in [1.82, 2.24) is 10.2 Å². The number of hydrogen-bond acceptors (Lipinski definition) is 3. The van der Waals surface area contributed by atoms with Gasteiger partial charge in [-0.2, -0.15) is 0 Å². The zero-order chi connectivity index (χ0) is 22.3. The first-order valence-electron chi connectivity index (χ1n) is 11.1. The van der Waals surface area contributed by atoms with Gasteiger partial charge in [0.15, 0.2) is 5.11 Å². The highest BCUT2D eigenvalue weighted by molar-refractivity contribution is 7.80. The molecule has 0 spiro atoms. The Hall–Kier alpha value is -3.25. The molecule has 6 heteroatoms. The predicted octanol–water partition coefficient (Wildman–Crippen LogP) is 4.91. The number of amides is 2. The monoisotopic (exact) mass is 445 g/mol. The molecule has 0 atom stereocenters. The highest BCUT2D eigenvalue weighted by Gasteiger charge is 2.17. The van der Waals surface area contributed by atoms with Crippen LogP contribution in [0, 0.1) is 0 Å². The summed E-state index contributed by atoms with van der Waals surface area (Å²) in [6.45, 7) is 1.61. The van der Waals surface area contributed by atoms with Gasteiger partial charge in [0.2, 0.25) is 5.91 Å². The fraction of sp³-hybridized carbons (Fsp3) is 0.269. The molecule has 0 bridgehead atoms. The van der Waals surface area contributed by atoms with Crippen LogP contribution < -0.4 is 10.6 Å². The van der Waals surface area contributed by atoms with Gasteiger partial charge in [-0.25, -0.2) is 0 Å². The maximum absolute atomic E-state index is 12.9. The van der Waals surface area contributed by atoms with Crippen LogP contribution in [0.2, 0.25) is 0 Å². The van der Waals surface area contributed by atoms with Crippen LogP contribution in [0.1, 0.15) is 41.6 Å². The number of carbonyl (C=O) groups is 2. The molecule has 0 radical (unpaired) electrons. The Balaban J connectivity index is 1.37. The number of hydrogen-bond donors (Lipinski definition) is 2. The third-order valence-corrected chi connectivity index (χ3v) is 5.95. The minimum Gasteiger partial charge on any atom is -0.339 e. The van der Waals surface area contributed by atoms with E-state index in [0.717, 1.165) is 42.3 Å². The molecule has 1 heterocycles. The molecule has 32 heavy (non-hydrogen) atoms. The molecule has 3 aromatic rings. The van der Waals surface area contributed by atoms with E-state index in [9.17, 15) is 9.59 Å². The number of carbonyl (C=O) groups excluding carboxylic acids is 2. The summed E-state index contributed by atoms with van der Waals surface area (Å²) in [5.41, 5.74) is 2.26. The third kappa shape index (κ3) is 5.51. The maximum atomic E-state index is 12.9. The Bertz CT molecular complexity index is 1130. The number of rotatable bonds is 4. The van der Waals surface area contributed by atoms with E-state index in [2.05, 4.69) is 10.6 Å². The van der Waals surface area contributed by atoms with Crippen LogP contribution in [0.15, 0.2) is 66.7 Å². The van der Waals surface area contributed by atoms with Crippen LogP contribution in [-0.2, 0) is 11.2 Å². The van der Waals surface area contributed by atoms with Crippen molar-refractivity contribution in [3.05, 3.63) is 77.9 Å². The number of thiocarbonyl (C=S) groups is 1. The van der Waals surface area contributed by atoms with E-state index in [-0.39, 0.29) is 23.3 Å². The van der Waals surface area contributed by atoms with E-state index in [1.54, 1.807) is 6.07 Å². The van der Waals surface area contributed by atoms with Gasteiger partial charge in [-0.05, 0) is 59.6 Å². The Labute approximate surface area is 193 Å². The molecular formula is C26H27N3O2S. The molecule has 0 unspecified atom stereocenters. The Morgan fingerprint density at radius 3 is 2.41 bits per heavy atom. The SMILES string of the molecule is O=C(Cc1cccc2ccccc12)NC(=S)Nc1cccc(C(=O)N2CCCCCC2)c1. The van der Waals surface area contributed by atoms with Crippen molar-refractivity contribution in [2.75, 3.05) is 18.4 Å². The van der Waals surface area contributed by atoms with Crippen molar-refractivity contribution in [1.29, 1.82) is 0 Å². The largest absolute Gasteiger partial charge is 0.339 e. The zero-order valence-electron chi connectivity index (χ0n) is 18.0. The molecule has 1 aliphatic rings. The molecule has 1 fully saturated rings. The van der Waals surface area contributed by atoms with Crippen LogP contribution in [-0.4, -0.2) is 34.9 Å². The summed E-state index contributed by atoms with van der Waals surface area (Å²) in [6, 6.07) is 21.2. The summed E-state index contributed by atoms with van der Waals surface area (Å²) >= 11 is 5.34. The number of likely N-dealkylation sites (tertiary alicyclic amines) is 1. The summed E-state index contributed by atoms with van der Waals surface area (Å²) in [7, 11) is 0. The summed E-state index contributed by atoms with van der Waals surface area (Å²) in [5, 5.41) is 8.16. The smallest absolute Gasteiger partial charge is 0.253 e. The van der Waals surface area contributed by atoms with Crippen molar-refractivity contribution in [2.24, 2.45) is 0 Å². The highest BCUT2D eigenvalue weighted by atomic mass is 32.1. The molecule has 1 saturated heterocycles. The van der Waals surface area contributed by atoms with E-state index in [0.29, 0.717) is 11.3 Å². The Morgan fingerprint density at radius 2 is 1.59 bits per heavy atom. The highest BCUT2D eigenvalue weighted by Crippen LogP contribution is 2.19. The molecule has 2 amide bonds. The first-order chi connectivity index (χ1) is 15.6. The normalized spacial score (nSPS) is 13.9. The quantitative estimate of drug-likeness (QED) is 0.560. The molecule has 4 rings (SSSR count). The van der Waals surface area contributed by atoms with Crippen LogP contribution in [0.25, 0.3) is 10.8 Å². The van der Waals surface area contributed by atoms with Crippen molar-refractivity contribution in [2.45, 2.75) is 32.1 Å². The third-order valence-electron chi connectivity index (χ3n) is 5.74. The first kappa shape index (κ1) is 22.0. The number of nitrogens with zero attached hydrogens (tertiary/aromatic N) is 1. The second-order valence-corrected chi connectivity index (χ2v) is 8.51. The van der Waals surface area contributed by atoms with Crippen molar-refractivity contribution in [3.63, 3.8) is 0 Å². The van der Waals surface area contributed by atoms with Crippen LogP contribution in [0.5, 0.6) is 0 Å². The van der Waals surface area contributed by atoms with E-state index < -0.39 is 0 Å². The number of anilines is 1. The van der Waals surface area contributed by atoms with Gasteiger partial charge in [0.05, 0.1) is 6.42 Å². The summed E-state index contributed by atoms with van der Waals surface area (Å²) in [6.07, 6.45) is 4.69. The van der Waals surface area contributed by atoms with Gasteiger partial charge in [-0.1, -0.05) is 61.4 Å². The van der Waals surface area contributed by atoms with Gasteiger partial charge in [0, 0.05) is 24.3 Å². The van der Waals surface area contributed by atoms with Crippen LogP contribution in [0.3, 0.4) is 0 Å². The first-order valence-corrected chi connectivity index (χ1v) is 11.5. The van der Waals surface area contributed by atoms with Gasteiger partial charge in [-0.3, -0.25) is 9.59 Å². The number of fused-ring (bicyclic) bond motifs is 1. The second kappa shape index (κ2) is 10.4. The van der Waals surface area contributed by atoms with Crippen molar-refractivity contribution < 1.29 is 9.59 Å². The molecule has 1 aliphatic heterocycles. The fourth-order valence-electron chi connectivity index (χ4n) is 4.14. The molecule has 5 nitrogen and oxygen atoms in total. The lowest BCUT2D eigenvalue weighted by Gasteiger charge is -2.20. The minimum atomic E-state index is -0.185. The molecular weight excluding hydrogens is 418 g/mol. The standard InChI is InChI=1S/C26H27N3O2S/c30-24(18-20-11-7-10-19-9-3-4-14-23(19)20)28-26(32)27-22-13-8-12-21(17-22)25(31)29-15-5-1-2-6-16-29/h3-4,7-14,17H,1-2,5-6,15-16,18H2,(H2,27,28,30,32). The molecule has 2 N–H and O–H groups in total. The lowest BCUT2D eigenvalue weighted by molar-refractivity contribution is -0.119. The average molecular weight is 446 g/mol. The summed E-state index contributed by atoms with van der Waals surface area (Å²) in [4.78, 5) is 27.4. The van der Waals surface area contributed by atoms with Gasteiger partial charge >= 0.3 is 0 Å². The van der Waals surface area contributed by atoms with E-state index in [4.69, 9.17) is 12.2 Å². The molecule has 164 valence electrons. The lowest BCUT2D eigenvalue weighted by Crippen LogP contribution is -2.35. The van der Waals surface area contributed by atoms with Crippen molar-refractivity contribution >= 4 is 45.6 Å². The zero-order valence-corrected chi connectivity index (χ0v) is 18.8. The van der Waals surface area contributed by atoms with Gasteiger partial charge in [0.25, 0.3) is 5.91 Å². The molecule has 0 aliphatic carbocycles. The molecule has 0 aromatic heterocycles. The van der Waals surface area contributed by atoms with Crippen LogP contribution >= 0.6 is 12.2 Å². The predicted molar refractivity (Wildman–Crippen MR) is 133 cm³/mol. The van der Waals surface area contributed by atoms with Gasteiger partial charge in [-0.15, -0.1) is 0 Å². The van der Waals surface area contributed by atoms with E-state index in [1.165, 1.54) is 12.8 Å². The molecule has 0 saturated carbocycles. The average Bonchev–Trinajstić information content (AvgIpc) is 3.08. The van der Waals surface area contributed by atoms with E-state index in [1.807, 2.05) is 65.6 Å². The molecule has 3 aromatic carbocycles. The second-order valence-electron chi connectivity index (χ2n) is 8.10. The Kier molecular flexibility index (Phi) is 7.12. The van der Waals surface area contributed by atoms with Gasteiger partial charge < -0.3 is 15.5 Å². The maximum Gasteiger partial charge on any atom is 0.253 e. The van der Waals surface area contributed by atoms with E-state index >= 15 is 0 Å². The Morgan fingerprint density at radius 1 is 0.875 bits per heavy atom. The topological polar surface area (TPSA) is 61.4 Å².